The fourth-order valence-electron chi connectivity index (χ4n) is 4.43. The first-order valence-electron chi connectivity index (χ1n) is 10.4. The highest BCUT2D eigenvalue weighted by Crippen LogP contribution is 2.47. The van der Waals surface area contributed by atoms with Gasteiger partial charge >= 0.3 is 0 Å². The van der Waals surface area contributed by atoms with Crippen LogP contribution in [0.4, 0.5) is 0 Å². The number of rotatable bonds is 8. The minimum atomic E-state index is -0.381. The number of hydrogen-bond donors (Lipinski definition) is 0. The molecule has 0 amide bonds. The molecule has 2 aromatic carbocycles. The maximum absolute atomic E-state index is 13.1. The van der Waals surface area contributed by atoms with Crippen molar-refractivity contribution in [2.75, 3.05) is 20.3 Å². The summed E-state index contributed by atoms with van der Waals surface area (Å²) in [7, 11) is 1.70. The third-order valence-corrected chi connectivity index (χ3v) is 6.44. The number of carbonyl (C=O) groups excluding carboxylic acids is 2. The Morgan fingerprint density at radius 3 is 2.59 bits per heavy atom. The molecule has 0 spiro atoms. The molecule has 0 radical (unpaired) electrons. The normalized spacial score (nSPS) is 24.7. The van der Waals surface area contributed by atoms with Crippen LogP contribution in [0.3, 0.4) is 0 Å². The fourth-order valence-corrected chi connectivity index (χ4v) is 4.43. The molecule has 0 aromatic heterocycles. The summed E-state index contributed by atoms with van der Waals surface area (Å²) in [5.41, 5.74) is 2.85. The molecule has 2 aliphatic rings. The van der Waals surface area contributed by atoms with Crippen LogP contribution in [0.25, 0.3) is 0 Å². The molecular weight excluding hydrogens is 364 g/mol. The van der Waals surface area contributed by atoms with Crippen LogP contribution < -0.4 is 4.74 Å². The number of ketones is 2. The summed E-state index contributed by atoms with van der Waals surface area (Å²) in [4.78, 5) is 25.7. The van der Waals surface area contributed by atoms with Gasteiger partial charge in [0.15, 0.2) is 11.6 Å². The van der Waals surface area contributed by atoms with Crippen molar-refractivity contribution >= 4 is 11.6 Å². The van der Waals surface area contributed by atoms with Gasteiger partial charge in [0.1, 0.15) is 12.4 Å². The van der Waals surface area contributed by atoms with E-state index in [9.17, 15) is 9.59 Å². The zero-order valence-corrected chi connectivity index (χ0v) is 17.4. The predicted molar refractivity (Wildman–Crippen MR) is 112 cm³/mol. The number of carbonyl (C=O) groups is 2. The Kier molecular flexibility index (Phi) is 5.30. The third kappa shape index (κ3) is 3.62. The largest absolute Gasteiger partial charge is 0.491 e. The monoisotopic (exact) mass is 392 g/mol. The van der Waals surface area contributed by atoms with E-state index >= 15 is 0 Å². The summed E-state index contributed by atoms with van der Waals surface area (Å²) < 4.78 is 11.3. The molecule has 1 aliphatic carbocycles. The highest BCUT2D eigenvalue weighted by molar-refractivity contribution is 6.04. The Balaban J connectivity index is 1.72. The molecule has 0 saturated heterocycles. The van der Waals surface area contributed by atoms with E-state index in [4.69, 9.17) is 9.47 Å². The second-order valence-corrected chi connectivity index (χ2v) is 8.50. The van der Waals surface area contributed by atoms with Crippen molar-refractivity contribution in [1.82, 2.24) is 0 Å². The molecule has 1 aliphatic heterocycles. The Bertz CT molecular complexity index is 933. The SMILES string of the molecule is CCC(=O)c1cc(C(=O)C[C@@H]2C[C@H]2COC)cc2c1OCC2(C)c1ccccc1. The van der Waals surface area contributed by atoms with Crippen molar-refractivity contribution in [2.45, 2.75) is 38.5 Å². The first-order valence-corrected chi connectivity index (χ1v) is 10.4. The van der Waals surface area contributed by atoms with E-state index in [0.29, 0.717) is 54.8 Å². The van der Waals surface area contributed by atoms with Crippen LogP contribution in [0.5, 0.6) is 5.75 Å². The van der Waals surface area contributed by atoms with Gasteiger partial charge in [-0.05, 0) is 42.9 Å². The quantitative estimate of drug-likeness (QED) is 0.604. The molecule has 3 atom stereocenters. The van der Waals surface area contributed by atoms with Crippen LogP contribution in [0.1, 0.15) is 65.0 Å². The number of hydrogen-bond acceptors (Lipinski definition) is 4. The molecule has 0 bridgehead atoms. The van der Waals surface area contributed by atoms with Crippen LogP contribution in [-0.4, -0.2) is 31.9 Å². The number of benzene rings is 2. The zero-order valence-electron chi connectivity index (χ0n) is 17.4. The molecule has 29 heavy (non-hydrogen) atoms. The van der Waals surface area contributed by atoms with Crippen molar-refractivity contribution in [3.05, 3.63) is 64.7 Å². The average Bonchev–Trinajstić information content (AvgIpc) is 3.38. The molecular formula is C25H28O4. The summed E-state index contributed by atoms with van der Waals surface area (Å²) in [6.45, 7) is 5.14. The van der Waals surface area contributed by atoms with Crippen LogP contribution in [0.15, 0.2) is 42.5 Å². The highest BCUT2D eigenvalue weighted by atomic mass is 16.5. The lowest BCUT2D eigenvalue weighted by molar-refractivity contribution is 0.0970. The highest BCUT2D eigenvalue weighted by Gasteiger charge is 2.42. The van der Waals surface area contributed by atoms with Gasteiger partial charge in [-0.2, -0.15) is 0 Å². The molecule has 1 heterocycles. The standard InChI is InChI=1S/C25H28O4/c1-4-22(26)20-11-17(23(27)13-16-10-18(16)14-28-3)12-21-24(20)29-15-25(21,2)19-8-6-5-7-9-19/h5-9,11-12,16,18H,4,10,13-15H2,1-3H3/t16-,18-,25?/m0/s1. The zero-order chi connectivity index (χ0) is 20.6. The smallest absolute Gasteiger partial charge is 0.166 e. The number of methoxy groups -OCH3 is 1. The van der Waals surface area contributed by atoms with Gasteiger partial charge < -0.3 is 9.47 Å². The van der Waals surface area contributed by atoms with Crippen molar-refractivity contribution in [2.24, 2.45) is 11.8 Å². The summed E-state index contributed by atoms with van der Waals surface area (Å²) in [6.07, 6.45) is 1.93. The second kappa shape index (κ2) is 7.75. The lowest BCUT2D eigenvalue weighted by Crippen LogP contribution is -2.25. The number of fused-ring (bicyclic) bond motifs is 1. The van der Waals surface area contributed by atoms with Crippen molar-refractivity contribution in [3.63, 3.8) is 0 Å². The van der Waals surface area contributed by atoms with E-state index in [0.717, 1.165) is 17.5 Å². The summed E-state index contributed by atoms with van der Waals surface area (Å²) in [6, 6.07) is 13.9. The number of Topliss-reactive ketones (excluding diaryl/α,β-unsaturated/α-hetero) is 2. The first-order chi connectivity index (χ1) is 14.0. The summed E-state index contributed by atoms with van der Waals surface area (Å²) in [5, 5.41) is 0. The van der Waals surface area contributed by atoms with Crippen molar-refractivity contribution < 1.29 is 19.1 Å². The average molecular weight is 392 g/mol. The van der Waals surface area contributed by atoms with E-state index in [1.165, 1.54) is 0 Å². The molecule has 4 heteroatoms. The fraction of sp³-hybridized carbons (Fsp3) is 0.440. The van der Waals surface area contributed by atoms with Gasteiger partial charge in [0.2, 0.25) is 0 Å². The van der Waals surface area contributed by atoms with Gasteiger partial charge in [-0.25, -0.2) is 0 Å². The molecule has 2 aromatic rings. The molecule has 1 fully saturated rings. The van der Waals surface area contributed by atoms with Crippen LogP contribution >= 0.6 is 0 Å². The lowest BCUT2D eigenvalue weighted by atomic mass is 9.76. The Hall–Kier alpha value is -2.46. The van der Waals surface area contributed by atoms with Crippen molar-refractivity contribution in [1.29, 1.82) is 0 Å². The minimum absolute atomic E-state index is 0.0110. The van der Waals surface area contributed by atoms with E-state index in [2.05, 4.69) is 19.1 Å². The maximum atomic E-state index is 13.1. The molecule has 4 rings (SSSR count). The van der Waals surface area contributed by atoms with Gasteiger partial charge in [0.05, 0.1) is 11.0 Å². The second-order valence-electron chi connectivity index (χ2n) is 8.50. The maximum Gasteiger partial charge on any atom is 0.166 e. The number of ether oxygens (including phenoxy) is 2. The van der Waals surface area contributed by atoms with Crippen molar-refractivity contribution in [3.8, 4) is 5.75 Å². The van der Waals surface area contributed by atoms with Gasteiger partial charge in [0.25, 0.3) is 0 Å². The van der Waals surface area contributed by atoms with Crippen LogP contribution in [0, 0.1) is 11.8 Å². The van der Waals surface area contributed by atoms with Gasteiger partial charge in [0, 0.05) is 37.7 Å². The molecule has 1 unspecified atom stereocenters. The van der Waals surface area contributed by atoms with Gasteiger partial charge in [-0.3, -0.25) is 9.59 Å². The Morgan fingerprint density at radius 1 is 1.14 bits per heavy atom. The Labute approximate surface area is 172 Å². The molecule has 0 N–H and O–H groups in total. The Morgan fingerprint density at radius 2 is 1.90 bits per heavy atom. The predicted octanol–water partition coefficient (Wildman–Crippen LogP) is 4.83. The molecule has 152 valence electrons. The third-order valence-electron chi connectivity index (χ3n) is 6.44. The lowest BCUT2D eigenvalue weighted by Gasteiger charge is -2.24. The van der Waals surface area contributed by atoms with E-state index in [-0.39, 0.29) is 17.0 Å². The minimum Gasteiger partial charge on any atom is -0.491 e. The van der Waals surface area contributed by atoms with Crippen LogP contribution in [0.2, 0.25) is 0 Å². The molecule has 4 nitrogen and oxygen atoms in total. The topological polar surface area (TPSA) is 52.6 Å². The first kappa shape index (κ1) is 19.8. The van der Waals surface area contributed by atoms with E-state index in [1.54, 1.807) is 13.2 Å². The van der Waals surface area contributed by atoms with Gasteiger partial charge in [-0.15, -0.1) is 0 Å². The summed E-state index contributed by atoms with van der Waals surface area (Å²) in [5.74, 6) is 1.62. The van der Waals surface area contributed by atoms with Gasteiger partial charge in [-0.1, -0.05) is 37.3 Å². The van der Waals surface area contributed by atoms with E-state index in [1.807, 2.05) is 31.2 Å². The summed E-state index contributed by atoms with van der Waals surface area (Å²) >= 11 is 0. The molecule has 1 saturated carbocycles. The van der Waals surface area contributed by atoms with E-state index < -0.39 is 0 Å². The van der Waals surface area contributed by atoms with Crippen LogP contribution in [-0.2, 0) is 10.2 Å².